The zero-order chi connectivity index (χ0) is 21.7. The molecule has 1 N–H and O–H groups in total. The molecule has 1 fully saturated rings. The summed E-state index contributed by atoms with van der Waals surface area (Å²) in [5.41, 5.74) is 1.10. The third kappa shape index (κ3) is 3.78. The molecule has 2 heterocycles. The monoisotopic (exact) mass is 420 g/mol. The predicted octanol–water partition coefficient (Wildman–Crippen LogP) is 4.56. The number of ether oxygens (including phenoxy) is 2. The molecule has 0 spiro atoms. The molecule has 4 rings (SSSR count). The van der Waals surface area contributed by atoms with E-state index >= 15 is 0 Å². The van der Waals surface area contributed by atoms with Crippen molar-refractivity contribution < 1.29 is 27.4 Å². The van der Waals surface area contributed by atoms with Crippen molar-refractivity contribution in [2.24, 2.45) is 5.92 Å². The molecule has 160 valence electrons. The molecule has 8 heteroatoms. The number of carbonyl (C=O) groups excluding carboxylic acids is 1. The van der Waals surface area contributed by atoms with Crippen LogP contribution < -0.4 is 15.0 Å². The number of hydrogen-bond acceptors (Lipinski definition) is 5. The van der Waals surface area contributed by atoms with E-state index in [1.165, 1.54) is 7.11 Å². The average molecular weight is 420 g/mol. The third-order valence-electron chi connectivity index (χ3n) is 5.45. The van der Waals surface area contributed by atoms with Gasteiger partial charge in [0, 0.05) is 24.3 Å². The van der Waals surface area contributed by atoms with Crippen molar-refractivity contribution in [2.45, 2.75) is 25.6 Å². The lowest BCUT2D eigenvalue weighted by atomic mass is 9.95. The van der Waals surface area contributed by atoms with E-state index in [9.17, 15) is 18.0 Å². The van der Waals surface area contributed by atoms with Gasteiger partial charge in [-0.3, -0.25) is 4.79 Å². The Labute approximate surface area is 172 Å². The molecule has 2 aromatic rings. The fourth-order valence-electron chi connectivity index (χ4n) is 3.78. The zero-order valence-corrected chi connectivity index (χ0v) is 17.0. The van der Waals surface area contributed by atoms with Crippen LogP contribution in [-0.2, 0) is 15.7 Å². The number of hydrogen-bond donors (Lipinski definition) is 1. The van der Waals surface area contributed by atoms with Crippen molar-refractivity contribution in [2.75, 3.05) is 37.0 Å². The Morgan fingerprint density at radius 3 is 2.63 bits per heavy atom. The quantitative estimate of drug-likeness (QED) is 0.738. The maximum atomic E-state index is 13.5. The van der Waals surface area contributed by atoms with E-state index in [0.29, 0.717) is 36.4 Å². The summed E-state index contributed by atoms with van der Waals surface area (Å²) >= 11 is 0. The number of fused-ring (bicyclic) bond motifs is 1. The highest BCUT2D eigenvalue weighted by Gasteiger charge is 2.36. The topological polar surface area (TPSA) is 50.8 Å². The van der Waals surface area contributed by atoms with Crippen LogP contribution in [0.2, 0.25) is 0 Å². The molecule has 0 bridgehead atoms. The largest absolute Gasteiger partial charge is 0.484 e. The van der Waals surface area contributed by atoms with Gasteiger partial charge in [-0.1, -0.05) is 12.1 Å². The number of methoxy groups -OCH3 is 1. The number of carbonyl (C=O) groups is 1. The minimum Gasteiger partial charge on any atom is -0.484 e. The molecule has 0 aliphatic carbocycles. The number of esters is 1. The van der Waals surface area contributed by atoms with Gasteiger partial charge < -0.3 is 19.7 Å². The molecule has 2 aliphatic heterocycles. The molecule has 30 heavy (non-hydrogen) atoms. The van der Waals surface area contributed by atoms with E-state index in [2.05, 4.69) is 5.32 Å². The second-order valence-electron chi connectivity index (χ2n) is 8.29. The lowest BCUT2D eigenvalue weighted by molar-refractivity contribution is -0.146. The summed E-state index contributed by atoms with van der Waals surface area (Å²) < 4.78 is 51.2. The lowest BCUT2D eigenvalue weighted by Gasteiger charge is -2.39. The third-order valence-corrected chi connectivity index (χ3v) is 5.45. The number of alkyl halides is 3. The van der Waals surface area contributed by atoms with E-state index in [1.807, 2.05) is 30.9 Å². The molecule has 0 unspecified atom stereocenters. The Hall–Kier alpha value is -2.90. The Morgan fingerprint density at radius 2 is 1.97 bits per heavy atom. The lowest BCUT2D eigenvalue weighted by Crippen LogP contribution is -2.50. The molecule has 0 radical (unpaired) electrons. The van der Waals surface area contributed by atoms with Crippen LogP contribution in [0.25, 0.3) is 11.1 Å². The summed E-state index contributed by atoms with van der Waals surface area (Å²) in [5.74, 6) is -0.244. The van der Waals surface area contributed by atoms with Crippen molar-refractivity contribution >= 4 is 17.3 Å². The van der Waals surface area contributed by atoms with Gasteiger partial charge in [0.05, 0.1) is 30.8 Å². The van der Waals surface area contributed by atoms with Crippen molar-refractivity contribution in [1.29, 1.82) is 0 Å². The van der Waals surface area contributed by atoms with Crippen LogP contribution in [0.4, 0.5) is 24.5 Å². The highest BCUT2D eigenvalue weighted by atomic mass is 19.4. The van der Waals surface area contributed by atoms with E-state index in [-0.39, 0.29) is 17.6 Å². The first-order chi connectivity index (χ1) is 14.1. The van der Waals surface area contributed by atoms with Gasteiger partial charge in [0.1, 0.15) is 11.4 Å². The first-order valence-electron chi connectivity index (χ1n) is 9.69. The average Bonchev–Trinajstić information content (AvgIpc) is 2.64. The molecule has 5 nitrogen and oxygen atoms in total. The van der Waals surface area contributed by atoms with Gasteiger partial charge in [-0.05, 0) is 43.7 Å². The van der Waals surface area contributed by atoms with Crippen LogP contribution in [0.15, 0.2) is 36.4 Å². The van der Waals surface area contributed by atoms with E-state index < -0.39 is 17.3 Å². The standard InChI is InChI=1S/C22H23F3N2O3/c1-21(2)12-26-19-17(8-15(22(23,24)25)9-18(19)30-21)13-5-4-6-16(7-13)27-10-14(11-27)20(28)29-3/h4-9,14,26H,10-12H2,1-3H3. The van der Waals surface area contributed by atoms with Crippen molar-refractivity contribution in [3.63, 3.8) is 0 Å². The Morgan fingerprint density at radius 1 is 1.23 bits per heavy atom. The summed E-state index contributed by atoms with van der Waals surface area (Å²) in [6.45, 7) is 5.17. The molecule has 0 saturated carbocycles. The van der Waals surface area contributed by atoms with Crippen LogP contribution in [0.1, 0.15) is 19.4 Å². The Kier molecular flexibility index (Phi) is 4.83. The minimum atomic E-state index is -4.49. The first-order valence-corrected chi connectivity index (χ1v) is 9.69. The SMILES string of the molecule is COC(=O)C1CN(c2cccc(-c3cc(C(F)(F)F)cc4c3NCC(C)(C)O4)c2)C1. The zero-order valence-electron chi connectivity index (χ0n) is 17.0. The van der Waals surface area contributed by atoms with Crippen LogP contribution in [0.3, 0.4) is 0 Å². The molecule has 2 aromatic carbocycles. The normalized spacial score (nSPS) is 18.0. The molecular formula is C22H23F3N2O3. The number of halogens is 3. The molecule has 0 atom stereocenters. The highest BCUT2D eigenvalue weighted by molar-refractivity contribution is 5.85. The van der Waals surface area contributed by atoms with E-state index in [4.69, 9.17) is 9.47 Å². The second-order valence-corrected chi connectivity index (χ2v) is 8.29. The molecule has 0 aromatic heterocycles. The Balaban J connectivity index is 1.71. The number of benzene rings is 2. The number of anilines is 2. The minimum absolute atomic E-state index is 0.183. The maximum Gasteiger partial charge on any atom is 0.416 e. The van der Waals surface area contributed by atoms with Gasteiger partial charge in [-0.2, -0.15) is 13.2 Å². The Bertz CT molecular complexity index is 982. The molecule has 1 saturated heterocycles. The van der Waals surface area contributed by atoms with E-state index in [1.54, 1.807) is 12.1 Å². The highest BCUT2D eigenvalue weighted by Crippen LogP contribution is 2.45. The number of rotatable bonds is 3. The van der Waals surface area contributed by atoms with Gasteiger partial charge in [-0.15, -0.1) is 0 Å². The summed E-state index contributed by atoms with van der Waals surface area (Å²) in [4.78, 5) is 13.6. The first kappa shape index (κ1) is 20.4. The summed E-state index contributed by atoms with van der Waals surface area (Å²) in [7, 11) is 1.36. The van der Waals surface area contributed by atoms with Crippen molar-refractivity contribution in [3.05, 3.63) is 42.0 Å². The summed E-state index contributed by atoms with van der Waals surface area (Å²) in [6.07, 6.45) is -4.49. The smallest absolute Gasteiger partial charge is 0.416 e. The van der Waals surface area contributed by atoms with Crippen LogP contribution in [0.5, 0.6) is 5.75 Å². The second kappa shape index (κ2) is 7.11. The van der Waals surface area contributed by atoms with Gasteiger partial charge in [-0.25, -0.2) is 0 Å². The fourth-order valence-corrected chi connectivity index (χ4v) is 3.78. The van der Waals surface area contributed by atoms with Crippen LogP contribution >= 0.6 is 0 Å². The van der Waals surface area contributed by atoms with Gasteiger partial charge in [0.15, 0.2) is 0 Å². The fraction of sp³-hybridized carbons (Fsp3) is 0.409. The predicted molar refractivity (Wildman–Crippen MR) is 108 cm³/mol. The molecular weight excluding hydrogens is 397 g/mol. The molecule has 0 amide bonds. The van der Waals surface area contributed by atoms with E-state index in [0.717, 1.165) is 17.8 Å². The summed E-state index contributed by atoms with van der Waals surface area (Å²) in [5, 5.41) is 3.24. The van der Waals surface area contributed by atoms with Crippen LogP contribution in [0, 0.1) is 5.92 Å². The summed E-state index contributed by atoms with van der Waals surface area (Å²) in [6, 6.07) is 9.50. The molecule has 2 aliphatic rings. The van der Waals surface area contributed by atoms with Gasteiger partial charge >= 0.3 is 12.1 Å². The van der Waals surface area contributed by atoms with Gasteiger partial charge in [0.25, 0.3) is 0 Å². The maximum absolute atomic E-state index is 13.5. The van der Waals surface area contributed by atoms with Crippen LogP contribution in [-0.4, -0.2) is 38.3 Å². The number of nitrogens with one attached hydrogen (secondary N) is 1. The van der Waals surface area contributed by atoms with Crippen molar-refractivity contribution in [3.8, 4) is 16.9 Å². The number of nitrogens with zero attached hydrogens (tertiary/aromatic N) is 1. The van der Waals surface area contributed by atoms with Gasteiger partial charge in [0.2, 0.25) is 0 Å². The van der Waals surface area contributed by atoms with Crippen molar-refractivity contribution in [1.82, 2.24) is 0 Å².